The lowest BCUT2D eigenvalue weighted by Crippen LogP contribution is -2.60. The molecule has 4 bridgehead atoms. The molecule has 4 aliphatic carbocycles. The molecule has 0 spiro atoms. The predicted molar refractivity (Wildman–Crippen MR) is 114 cm³/mol. The number of aliphatic hydroxyl groups excluding tert-OH is 1. The molecule has 9 heteroatoms. The lowest BCUT2D eigenvalue weighted by Gasteiger charge is -2.58. The zero-order chi connectivity index (χ0) is 22.5. The van der Waals surface area contributed by atoms with Gasteiger partial charge in [0.25, 0.3) is 5.69 Å². The Morgan fingerprint density at radius 2 is 1.84 bits per heavy atom. The van der Waals surface area contributed by atoms with E-state index in [2.05, 4.69) is 5.32 Å². The summed E-state index contributed by atoms with van der Waals surface area (Å²) in [6, 6.07) is 5.27. The maximum Gasteiger partial charge on any atom is 0.415 e. The van der Waals surface area contributed by atoms with Gasteiger partial charge in [0.1, 0.15) is 5.75 Å². The molecule has 5 fully saturated rings. The fourth-order valence-corrected chi connectivity index (χ4v) is 6.68. The molecule has 172 valence electrons. The molecule has 9 nitrogen and oxygen atoms in total. The third kappa shape index (κ3) is 3.83. The molecule has 1 aromatic carbocycles. The van der Waals surface area contributed by atoms with Crippen molar-refractivity contribution in [1.82, 2.24) is 10.2 Å². The van der Waals surface area contributed by atoms with Crippen molar-refractivity contribution in [3.05, 3.63) is 34.4 Å². The van der Waals surface area contributed by atoms with Gasteiger partial charge in [0.15, 0.2) is 0 Å². The van der Waals surface area contributed by atoms with Crippen LogP contribution >= 0.6 is 0 Å². The molecule has 0 radical (unpaired) electrons. The molecule has 1 saturated heterocycles. The van der Waals surface area contributed by atoms with Gasteiger partial charge in [0.05, 0.1) is 16.4 Å². The van der Waals surface area contributed by atoms with E-state index in [1.807, 2.05) is 0 Å². The molecule has 1 heterocycles. The molecule has 1 aliphatic heterocycles. The molecule has 1 aromatic rings. The van der Waals surface area contributed by atoms with Crippen LogP contribution in [-0.4, -0.2) is 52.2 Å². The number of rotatable bonds is 4. The van der Waals surface area contributed by atoms with Crippen molar-refractivity contribution in [3.8, 4) is 5.75 Å². The number of nitro benzene ring substituents is 1. The molecule has 2 amide bonds. The quantitative estimate of drug-likeness (QED) is 0.545. The minimum Gasteiger partial charge on any atom is -0.410 e. The minimum absolute atomic E-state index is 0.0669. The maximum absolute atomic E-state index is 13.3. The first kappa shape index (κ1) is 21.2. The number of hydrogen-bond donors (Lipinski definition) is 2. The van der Waals surface area contributed by atoms with E-state index in [-0.39, 0.29) is 46.7 Å². The molecular weight excluding hydrogens is 414 g/mol. The van der Waals surface area contributed by atoms with Gasteiger partial charge in [0, 0.05) is 31.3 Å². The van der Waals surface area contributed by atoms with E-state index >= 15 is 0 Å². The smallest absolute Gasteiger partial charge is 0.410 e. The van der Waals surface area contributed by atoms with Crippen LogP contribution in [0, 0.1) is 33.3 Å². The van der Waals surface area contributed by atoms with Crippen LogP contribution in [0.5, 0.6) is 5.75 Å². The summed E-state index contributed by atoms with van der Waals surface area (Å²) >= 11 is 0. The average molecular weight is 444 g/mol. The number of nitrogens with one attached hydrogen (secondary N) is 1. The zero-order valence-corrected chi connectivity index (χ0v) is 17.9. The summed E-state index contributed by atoms with van der Waals surface area (Å²) in [7, 11) is 0. The molecule has 2 N–H and O–H groups in total. The minimum atomic E-state index is -0.518. The third-order valence-corrected chi connectivity index (χ3v) is 7.97. The number of amides is 2. The van der Waals surface area contributed by atoms with E-state index in [9.17, 15) is 24.8 Å². The molecule has 5 aliphatic rings. The standard InChI is InChI=1S/C23H29N3O6/c27-20-15-8-14-9-16(20)12-23(10-14,11-15)21(28)24-17-2-1-7-25(13-17)22(29)32-19-5-3-18(4-6-19)26(30)31/h3-6,14-17,20,27H,1-2,7-13H2,(H,24,28)/t14?,15?,16?,17-,20?,23?/m0/s1. The average Bonchev–Trinajstić information content (AvgIpc) is 2.77. The summed E-state index contributed by atoms with van der Waals surface area (Å²) in [5.74, 6) is 1.36. The van der Waals surface area contributed by atoms with Gasteiger partial charge in [0.2, 0.25) is 5.91 Å². The Bertz CT molecular complexity index is 903. The van der Waals surface area contributed by atoms with Crippen LogP contribution in [0.3, 0.4) is 0 Å². The van der Waals surface area contributed by atoms with Gasteiger partial charge in [-0.05, 0) is 74.8 Å². The lowest BCUT2D eigenvalue weighted by molar-refractivity contribution is -0.384. The second kappa shape index (κ2) is 8.03. The third-order valence-electron chi connectivity index (χ3n) is 7.97. The SMILES string of the molecule is O=C(Oc1ccc([N+](=O)[O-])cc1)N1CCC[C@H](NC(=O)C23CC4CC(C2)C(O)C(C4)C3)C1. The Morgan fingerprint density at radius 3 is 2.50 bits per heavy atom. The van der Waals surface area contributed by atoms with Gasteiger partial charge >= 0.3 is 6.09 Å². The number of nitro groups is 1. The van der Waals surface area contributed by atoms with E-state index in [0.717, 1.165) is 44.9 Å². The molecular formula is C23H29N3O6. The topological polar surface area (TPSA) is 122 Å². The van der Waals surface area contributed by atoms with Gasteiger partial charge in [-0.2, -0.15) is 0 Å². The Balaban J connectivity index is 1.19. The summed E-state index contributed by atoms with van der Waals surface area (Å²) in [6.07, 6.45) is 5.33. The van der Waals surface area contributed by atoms with E-state index in [4.69, 9.17) is 4.74 Å². The van der Waals surface area contributed by atoms with E-state index in [0.29, 0.717) is 19.0 Å². The van der Waals surface area contributed by atoms with Crippen molar-refractivity contribution in [2.75, 3.05) is 13.1 Å². The lowest BCUT2D eigenvalue weighted by atomic mass is 9.48. The Kier molecular flexibility index (Phi) is 5.31. The molecule has 32 heavy (non-hydrogen) atoms. The first-order valence-corrected chi connectivity index (χ1v) is 11.5. The van der Waals surface area contributed by atoms with Crippen LogP contribution in [0.25, 0.3) is 0 Å². The highest BCUT2D eigenvalue weighted by Gasteiger charge is 2.58. The Labute approximate surface area is 186 Å². The van der Waals surface area contributed by atoms with E-state index in [1.165, 1.54) is 24.3 Å². The maximum atomic E-state index is 13.3. The molecule has 2 unspecified atom stereocenters. The van der Waals surface area contributed by atoms with Crippen molar-refractivity contribution < 1.29 is 24.4 Å². The van der Waals surface area contributed by atoms with Crippen LogP contribution in [0.1, 0.15) is 44.9 Å². The van der Waals surface area contributed by atoms with E-state index < -0.39 is 11.0 Å². The summed E-state index contributed by atoms with van der Waals surface area (Å²) in [5.41, 5.74) is -0.431. The highest BCUT2D eigenvalue weighted by Crippen LogP contribution is 2.60. The number of nitrogens with zero attached hydrogens (tertiary/aromatic N) is 2. The largest absolute Gasteiger partial charge is 0.415 e. The van der Waals surface area contributed by atoms with Gasteiger partial charge in [-0.25, -0.2) is 4.79 Å². The number of piperidine rings is 1. The summed E-state index contributed by atoms with van der Waals surface area (Å²) in [6.45, 7) is 0.925. The second-order valence-electron chi connectivity index (χ2n) is 10.1. The van der Waals surface area contributed by atoms with Crippen molar-refractivity contribution in [2.24, 2.45) is 23.2 Å². The summed E-state index contributed by atoms with van der Waals surface area (Å²) in [4.78, 5) is 37.8. The van der Waals surface area contributed by atoms with Crippen LogP contribution in [0.2, 0.25) is 0 Å². The number of benzene rings is 1. The van der Waals surface area contributed by atoms with Crippen molar-refractivity contribution >= 4 is 17.7 Å². The molecule has 6 rings (SSSR count). The number of likely N-dealkylation sites (tertiary alicyclic amines) is 1. The normalized spacial score (nSPS) is 35.4. The summed E-state index contributed by atoms with van der Waals surface area (Å²) in [5, 5.41) is 24.5. The number of carbonyl (C=O) groups is 2. The predicted octanol–water partition coefficient (Wildman–Crippen LogP) is 2.86. The zero-order valence-electron chi connectivity index (χ0n) is 17.9. The highest BCUT2D eigenvalue weighted by molar-refractivity contribution is 5.83. The van der Waals surface area contributed by atoms with Crippen LogP contribution in [0.4, 0.5) is 10.5 Å². The monoisotopic (exact) mass is 443 g/mol. The van der Waals surface area contributed by atoms with Crippen LogP contribution in [-0.2, 0) is 4.79 Å². The second-order valence-corrected chi connectivity index (χ2v) is 10.1. The number of ether oxygens (including phenoxy) is 1. The molecule has 4 saturated carbocycles. The fourth-order valence-electron chi connectivity index (χ4n) is 6.68. The summed E-state index contributed by atoms with van der Waals surface area (Å²) < 4.78 is 5.38. The van der Waals surface area contributed by atoms with Crippen molar-refractivity contribution in [1.29, 1.82) is 0 Å². The van der Waals surface area contributed by atoms with Gasteiger partial charge in [-0.1, -0.05) is 0 Å². The van der Waals surface area contributed by atoms with Crippen molar-refractivity contribution in [2.45, 2.75) is 57.1 Å². The van der Waals surface area contributed by atoms with Gasteiger partial charge in [-0.3, -0.25) is 14.9 Å². The first-order chi connectivity index (χ1) is 15.3. The number of non-ortho nitro benzene ring substituents is 1. The molecule has 3 atom stereocenters. The first-order valence-electron chi connectivity index (χ1n) is 11.5. The van der Waals surface area contributed by atoms with Gasteiger partial charge in [-0.15, -0.1) is 0 Å². The highest BCUT2D eigenvalue weighted by atomic mass is 16.6. The number of aliphatic hydroxyl groups is 1. The fraction of sp³-hybridized carbons (Fsp3) is 0.652. The number of hydrogen-bond acceptors (Lipinski definition) is 6. The molecule has 0 aromatic heterocycles. The van der Waals surface area contributed by atoms with Gasteiger partial charge < -0.3 is 20.1 Å². The van der Waals surface area contributed by atoms with Crippen LogP contribution < -0.4 is 10.1 Å². The Morgan fingerprint density at radius 1 is 1.16 bits per heavy atom. The Hall–Kier alpha value is -2.68. The number of carbonyl (C=O) groups excluding carboxylic acids is 2. The van der Waals surface area contributed by atoms with Crippen molar-refractivity contribution in [3.63, 3.8) is 0 Å². The van der Waals surface area contributed by atoms with Crippen LogP contribution in [0.15, 0.2) is 24.3 Å². The van der Waals surface area contributed by atoms with E-state index in [1.54, 1.807) is 4.90 Å².